The molecule has 0 aromatic heterocycles. The molecule has 0 N–H and O–H groups in total. The van der Waals surface area contributed by atoms with Gasteiger partial charge in [0.15, 0.2) is 0 Å². The predicted octanol–water partition coefficient (Wildman–Crippen LogP) is 1.57. The Morgan fingerprint density at radius 2 is 2.31 bits per heavy atom. The molecule has 0 aliphatic heterocycles. The Morgan fingerprint density at radius 3 is 3.00 bits per heavy atom. The Balaban J connectivity index is 2.84. The summed E-state index contributed by atoms with van der Waals surface area (Å²) in [6.07, 6.45) is 1.43. The van der Waals surface area contributed by atoms with Gasteiger partial charge in [-0.2, -0.15) is 4.99 Å². The molecule has 0 radical (unpaired) electrons. The maximum absolute atomic E-state index is 10.9. The van der Waals surface area contributed by atoms with E-state index in [2.05, 4.69) is 21.6 Å². The molecule has 0 bridgehead atoms. The highest BCUT2D eigenvalue weighted by molar-refractivity contribution is 5.89. The highest BCUT2D eigenvalue weighted by Crippen LogP contribution is 2.12. The Hall–Kier alpha value is -2.37. The summed E-state index contributed by atoms with van der Waals surface area (Å²) in [5, 5.41) is 0. The van der Waals surface area contributed by atoms with Gasteiger partial charge < -0.3 is 4.74 Å². The van der Waals surface area contributed by atoms with E-state index >= 15 is 0 Å². The van der Waals surface area contributed by atoms with Crippen molar-refractivity contribution in [3.63, 3.8) is 0 Å². The third kappa shape index (κ3) is 3.79. The summed E-state index contributed by atoms with van der Waals surface area (Å²) < 4.78 is 4.64. The molecule has 0 saturated carbocycles. The Labute approximate surface area is 93.0 Å². The molecular formula is C12H9NO3. The van der Waals surface area contributed by atoms with Crippen LogP contribution in [0, 0.1) is 11.8 Å². The minimum Gasteiger partial charge on any atom is -0.456 e. The van der Waals surface area contributed by atoms with Gasteiger partial charge in [-0.25, -0.2) is 9.59 Å². The van der Waals surface area contributed by atoms with Gasteiger partial charge in [0.25, 0.3) is 0 Å². The maximum atomic E-state index is 10.9. The monoisotopic (exact) mass is 215 g/mol. The van der Waals surface area contributed by atoms with Crippen LogP contribution in [0.1, 0.15) is 12.5 Å². The Bertz CT molecular complexity index is 490. The highest BCUT2D eigenvalue weighted by atomic mass is 16.5. The van der Waals surface area contributed by atoms with Crippen LogP contribution in [0.25, 0.3) is 0 Å². The third-order valence-corrected chi connectivity index (χ3v) is 1.61. The van der Waals surface area contributed by atoms with Crippen LogP contribution in [-0.2, 0) is 14.3 Å². The first-order valence-electron chi connectivity index (χ1n) is 4.63. The number of isocyanates is 1. The number of carbonyl (C=O) groups excluding carboxylic acids is 2. The summed E-state index contributed by atoms with van der Waals surface area (Å²) in [5.41, 5.74) is 1.04. The lowest BCUT2D eigenvalue weighted by molar-refractivity contribution is -0.136. The number of hydrogen-bond donors (Lipinski definition) is 0. The largest absolute Gasteiger partial charge is 0.456 e. The average Bonchev–Trinajstić information content (AvgIpc) is 2.28. The third-order valence-electron chi connectivity index (χ3n) is 1.61. The van der Waals surface area contributed by atoms with Crippen LogP contribution in [-0.4, -0.2) is 18.7 Å². The topological polar surface area (TPSA) is 55.7 Å². The summed E-state index contributed by atoms with van der Waals surface area (Å²) in [5.74, 6) is 4.35. The van der Waals surface area contributed by atoms with E-state index in [1.165, 1.54) is 6.08 Å². The summed E-state index contributed by atoms with van der Waals surface area (Å²) in [4.78, 5) is 24.4. The first-order chi connectivity index (χ1) is 7.76. The Morgan fingerprint density at radius 1 is 1.50 bits per heavy atom. The van der Waals surface area contributed by atoms with Crippen LogP contribution in [0.5, 0.6) is 0 Å². The molecule has 1 rings (SSSR count). The molecule has 0 amide bonds. The van der Waals surface area contributed by atoms with Crippen molar-refractivity contribution >= 4 is 17.7 Å². The lowest BCUT2D eigenvalue weighted by atomic mass is 10.2. The van der Waals surface area contributed by atoms with Crippen molar-refractivity contribution in [2.75, 3.05) is 6.61 Å². The normalized spacial score (nSPS) is 8.31. The van der Waals surface area contributed by atoms with Gasteiger partial charge >= 0.3 is 5.97 Å². The minimum atomic E-state index is -0.577. The fourth-order valence-electron chi connectivity index (χ4n) is 0.996. The van der Waals surface area contributed by atoms with Crippen LogP contribution in [0.4, 0.5) is 5.69 Å². The van der Waals surface area contributed by atoms with E-state index in [1.54, 1.807) is 31.2 Å². The van der Waals surface area contributed by atoms with Gasteiger partial charge in [-0.15, -0.1) is 0 Å². The van der Waals surface area contributed by atoms with Crippen molar-refractivity contribution in [3.05, 3.63) is 29.8 Å². The standard InChI is InChI=1S/C12H9NO3/c1-2-16-12(15)7-6-10-4-3-5-11(8-10)13-9-14/h3-5,8H,2H2,1H3. The van der Waals surface area contributed by atoms with E-state index in [1.807, 2.05) is 0 Å². The molecule has 0 saturated heterocycles. The van der Waals surface area contributed by atoms with Crippen LogP contribution in [0.3, 0.4) is 0 Å². The van der Waals surface area contributed by atoms with Crippen LogP contribution < -0.4 is 0 Å². The second-order valence-electron chi connectivity index (χ2n) is 2.72. The van der Waals surface area contributed by atoms with E-state index in [-0.39, 0.29) is 0 Å². The van der Waals surface area contributed by atoms with Gasteiger partial charge in [0.2, 0.25) is 6.08 Å². The lowest BCUT2D eigenvalue weighted by Crippen LogP contribution is -1.99. The molecule has 0 aliphatic carbocycles. The highest BCUT2D eigenvalue weighted by Gasteiger charge is 1.94. The zero-order valence-electron chi connectivity index (χ0n) is 8.69. The van der Waals surface area contributed by atoms with Crippen molar-refractivity contribution in [1.29, 1.82) is 0 Å². The van der Waals surface area contributed by atoms with Gasteiger partial charge in [0.05, 0.1) is 12.3 Å². The number of hydrogen-bond acceptors (Lipinski definition) is 4. The average molecular weight is 215 g/mol. The lowest BCUT2D eigenvalue weighted by Gasteiger charge is -1.93. The molecule has 0 fully saturated rings. The molecular weight excluding hydrogens is 206 g/mol. The molecule has 0 atom stereocenters. The molecule has 0 aliphatic rings. The molecule has 16 heavy (non-hydrogen) atoms. The number of ether oxygens (including phenoxy) is 1. The SMILES string of the molecule is CCOC(=O)C#Cc1cccc(N=C=O)c1. The number of carbonyl (C=O) groups is 1. The number of nitrogens with zero attached hydrogens (tertiary/aromatic N) is 1. The van der Waals surface area contributed by atoms with Crippen molar-refractivity contribution in [2.45, 2.75) is 6.92 Å². The quantitative estimate of drug-likeness (QED) is 0.325. The second-order valence-corrected chi connectivity index (χ2v) is 2.72. The molecule has 80 valence electrons. The molecule has 0 spiro atoms. The first-order valence-corrected chi connectivity index (χ1v) is 4.63. The van der Waals surface area contributed by atoms with Crippen LogP contribution in [0.15, 0.2) is 29.3 Å². The van der Waals surface area contributed by atoms with E-state index in [9.17, 15) is 9.59 Å². The van der Waals surface area contributed by atoms with Gasteiger partial charge in [0, 0.05) is 11.5 Å². The minimum absolute atomic E-state index is 0.295. The number of rotatable bonds is 2. The first kappa shape index (κ1) is 11.7. The fraction of sp³-hybridized carbons (Fsp3) is 0.167. The smallest absolute Gasteiger partial charge is 0.384 e. The van der Waals surface area contributed by atoms with Gasteiger partial charge in [-0.1, -0.05) is 12.0 Å². The zero-order valence-corrected chi connectivity index (χ0v) is 8.69. The van der Waals surface area contributed by atoms with Gasteiger partial charge in [0.1, 0.15) is 0 Å². The van der Waals surface area contributed by atoms with Crippen molar-refractivity contribution in [3.8, 4) is 11.8 Å². The van der Waals surface area contributed by atoms with E-state index < -0.39 is 5.97 Å². The van der Waals surface area contributed by atoms with Crippen molar-refractivity contribution < 1.29 is 14.3 Å². The molecule has 0 heterocycles. The molecule has 1 aromatic carbocycles. The van der Waals surface area contributed by atoms with Crippen LogP contribution >= 0.6 is 0 Å². The zero-order chi connectivity index (χ0) is 11.8. The van der Waals surface area contributed by atoms with Gasteiger partial charge in [-0.05, 0) is 25.1 Å². The predicted molar refractivity (Wildman–Crippen MR) is 57.7 cm³/mol. The molecule has 1 aromatic rings. The summed E-state index contributed by atoms with van der Waals surface area (Å²) >= 11 is 0. The summed E-state index contributed by atoms with van der Waals surface area (Å²) in [6.45, 7) is 2.00. The number of benzene rings is 1. The van der Waals surface area contributed by atoms with Crippen molar-refractivity contribution in [1.82, 2.24) is 0 Å². The Kier molecular flexibility index (Phi) is 4.52. The number of aliphatic imine (C=N–C) groups is 1. The molecule has 0 unspecified atom stereocenters. The van der Waals surface area contributed by atoms with Gasteiger partial charge in [-0.3, -0.25) is 0 Å². The summed E-state index contributed by atoms with van der Waals surface area (Å²) in [6, 6.07) is 6.61. The van der Waals surface area contributed by atoms with Crippen molar-refractivity contribution in [2.24, 2.45) is 4.99 Å². The maximum Gasteiger partial charge on any atom is 0.384 e. The van der Waals surface area contributed by atoms with E-state index in [0.29, 0.717) is 17.9 Å². The fourth-order valence-corrected chi connectivity index (χ4v) is 0.996. The second kappa shape index (κ2) is 6.18. The molecule has 4 heteroatoms. The van der Waals surface area contributed by atoms with E-state index in [4.69, 9.17) is 0 Å². The van der Waals surface area contributed by atoms with Crippen LogP contribution in [0.2, 0.25) is 0 Å². The van der Waals surface area contributed by atoms with E-state index in [0.717, 1.165) is 0 Å². The number of esters is 1. The molecule has 4 nitrogen and oxygen atoms in total. The summed E-state index contributed by atoms with van der Waals surface area (Å²) in [7, 11) is 0.